The predicted octanol–water partition coefficient (Wildman–Crippen LogP) is 3.00. The fourth-order valence-corrected chi connectivity index (χ4v) is 3.04. The quantitative estimate of drug-likeness (QED) is 0.899. The Morgan fingerprint density at radius 3 is 2.60 bits per heavy atom. The first kappa shape index (κ1) is 15.4. The molecule has 1 aromatic rings. The third-order valence-corrected chi connectivity index (χ3v) is 4.66. The zero-order chi connectivity index (χ0) is 14.8. The molecule has 5 heteroatoms. The Morgan fingerprint density at radius 2 is 2.10 bits per heavy atom. The molecule has 2 atom stereocenters. The average Bonchev–Trinajstić information content (AvgIpc) is 2.90. The summed E-state index contributed by atoms with van der Waals surface area (Å²) in [6, 6.07) is 0. The Labute approximate surface area is 120 Å². The molecule has 0 spiro atoms. The minimum absolute atomic E-state index is 0.104. The molecular weight excluding hydrogens is 256 g/mol. The van der Waals surface area contributed by atoms with Crippen LogP contribution in [0, 0.1) is 5.92 Å². The molecule has 2 unspecified atom stereocenters. The van der Waals surface area contributed by atoms with Crippen molar-refractivity contribution in [2.75, 3.05) is 7.11 Å². The van der Waals surface area contributed by atoms with E-state index < -0.39 is 11.7 Å². The smallest absolute Gasteiger partial charge is 0.232 e. The molecule has 0 saturated heterocycles. The van der Waals surface area contributed by atoms with Gasteiger partial charge in [-0.05, 0) is 44.9 Å². The van der Waals surface area contributed by atoms with Crippen LogP contribution < -0.4 is 0 Å². The molecule has 1 heterocycles. The number of aromatic nitrogens is 2. The maximum Gasteiger partial charge on any atom is 0.232 e. The molecular formula is C15H26N2O3. The van der Waals surface area contributed by atoms with Gasteiger partial charge in [0, 0.05) is 7.11 Å². The summed E-state index contributed by atoms with van der Waals surface area (Å²) in [6.45, 7) is 6.03. The van der Waals surface area contributed by atoms with Crippen LogP contribution in [-0.2, 0) is 10.3 Å². The van der Waals surface area contributed by atoms with Crippen LogP contribution in [0.25, 0.3) is 0 Å². The number of hydrogen-bond donors (Lipinski definition) is 1. The highest BCUT2D eigenvalue weighted by Crippen LogP contribution is 2.41. The largest absolute Gasteiger partial charge is 0.393 e. The molecule has 0 aromatic carbocycles. The van der Waals surface area contributed by atoms with Gasteiger partial charge in [-0.2, -0.15) is 4.98 Å². The van der Waals surface area contributed by atoms with Crippen LogP contribution in [0.1, 0.15) is 70.5 Å². The van der Waals surface area contributed by atoms with E-state index >= 15 is 0 Å². The van der Waals surface area contributed by atoms with E-state index in [1.807, 2.05) is 6.92 Å². The van der Waals surface area contributed by atoms with E-state index in [2.05, 4.69) is 17.1 Å². The second-order valence-electron chi connectivity index (χ2n) is 6.09. The van der Waals surface area contributed by atoms with E-state index in [4.69, 9.17) is 9.26 Å². The number of nitrogens with zero attached hydrogens (tertiary/aromatic N) is 2. The summed E-state index contributed by atoms with van der Waals surface area (Å²) in [5, 5.41) is 13.9. The van der Waals surface area contributed by atoms with Crippen LogP contribution in [0.15, 0.2) is 4.52 Å². The van der Waals surface area contributed by atoms with Crippen LogP contribution in [0.4, 0.5) is 0 Å². The van der Waals surface area contributed by atoms with Gasteiger partial charge in [-0.3, -0.25) is 0 Å². The molecule has 5 nitrogen and oxygen atoms in total. The molecule has 1 fully saturated rings. The first-order valence-electron chi connectivity index (χ1n) is 7.59. The highest BCUT2D eigenvalue weighted by atomic mass is 16.5. The minimum Gasteiger partial charge on any atom is -0.393 e. The summed E-state index contributed by atoms with van der Waals surface area (Å²) < 4.78 is 11.1. The zero-order valence-corrected chi connectivity index (χ0v) is 12.9. The van der Waals surface area contributed by atoms with E-state index in [1.165, 1.54) is 0 Å². The van der Waals surface area contributed by atoms with Crippen molar-refractivity contribution in [1.82, 2.24) is 10.1 Å². The first-order valence-corrected chi connectivity index (χ1v) is 7.59. The van der Waals surface area contributed by atoms with Gasteiger partial charge in [0.25, 0.3) is 0 Å². The zero-order valence-electron chi connectivity index (χ0n) is 12.9. The lowest BCUT2D eigenvalue weighted by atomic mass is 9.79. The summed E-state index contributed by atoms with van der Waals surface area (Å²) in [6.07, 6.45) is 4.37. The summed E-state index contributed by atoms with van der Waals surface area (Å²) in [5.74, 6) is 1.78. The topological polar surface area (TPSA) is 68.4 Å². The van der Waals surface area contributed by atoms with Gasteiger partial charge in [0.15, 0.2) is 0 Å². The van der Waals surface area contributed by atoms with E-state index in [-0.39, 0.29) is 5.92 Å². The van der Waals surface area contributed by atoms with Gasteiger partial charge in [0.05, 0.1) is 12.0 Å². The van der Waals surface area contributed by atoms with Gasteiger partial charge < -0.3 is 14.4 Å². The molecule has 1 aromatic heterocycles. The molecule has 1 aliphatic carbocycles. The molecule has 1 aliphatic rings. The van der Waals surface area contributed by atoms with Crippen molar-refractivity contribution in [3.8, 4) is 0 Å². The third kappa shape index (κ3) is 2.88. The molecule has 0 bridgehead atoms. The van der Waals surface area contributed by atoms with Crippen LogP contribution >= 0.6 is 0 Å². The van der Waals surface area contributed by atoms with Crippen molar-refractivity contribution in [3.05, 3.63) is 11.7 Å². The minimum atomic E-state index is -0.488. The molecule has 2 rings (SSSR count). The third-order valence-electron chi connectivity index (χ3n) is 4.66. The monoisotopic (exact) mass is 282 g/mol. The highest BCUT2D eigenvalue weighted by molar-refractivity contribution is 5.06. The van der Waals surface area contributed by atoms with Gasteiger partial charge in [-0.25, -0.2) is 0 Å². The normalized spacial score (nSPS) is 30.1. The summed E-state index contributed by atoms with van der Waals surface area (Å²) in [4.78, 5) is 4.53. The lowest BCUT2D eigenvalue weighted by Crippen LogP contribution is -2.34. The SMILES string of the molecule is CCC(c1nc(C2(OC)CCC(C)CC2)no1)C(C)O. The van der Waals surface area contributed by atoms with Crippen LogP contribution in [0.5, 0.6) is 0 Å². The maximum atomic E-state index is 9.78. The molecule has 1 N–H and O–H groups in total. The maximum absolute atomic E-state index is 9.78. The van der Waals surface area contributed by atoms with Crippen molar-refractivity contribution < 1.29 is 14.4 Å². The second-order valence-corrected chi connectivity index (χ2v) is 6.09. The molecule has 1 saturated carbocycles. The molecule has 0 radical (unpaired) electrons. The van der Waals surface area contributed by atoms with Crippen molar-refractivity contribution in [2.45, 2.75) is 70.5 Å². The standard InChI is InChI=1S/C15H26N2O3/c1-5-12(11(3)18)13-16-14(17-20-13)15(19-4)8-6-10(2)7-9-15/h10-12,18H,5-9H2,1-4H3. The van der Waals surface area contributed by atoms with Gasteiger partial charge >= 0.3 is 0 Å². The fraction of sp³-hybridized carbons (Fsp3) is 0.867. The number of rotatable bonds is 5. The summed E-state index contributed by atoms with van der Waals surface area (Å²) >= 11 is 0. The summed E-state index contributed by atoms with van der Waals surface area (Å²) in [5.41, 5.74) is -0.411. The fourth-order valence-electron chi connectivity index (χ4n) is 3.04. The average molecular weight is 282 g/mol. The van der Waals surface area contributed by atoms with E-state index in [9.17, 15) is 5.11 Å². The van der Waals surface area contributed by atoms with E-state index in [0.717, 1.165) is 38.0 Å². The molecule has 0 amide bonds. The Bertz CT molecular complexity index is 423. The highest BCUT2D eigenvalue weighted by Gasteiger charge is 2.40. The Balaban J connectivity index is 2.22. The lowest BCUT2D eigenvalue weighted by Gasteiger charge is -2.35. The van der Waals surface area contributed by atoms with Crippen LogP contribution in [0.3, 0.4) is 0 Å². The van der Waals surface area contributed by atoms with Crippen LogP contribution in [0.2, 0.25) is 0 Å². The van der Waals surface area contributed by atoms with Gasteiger partial charge in [-0.1, -0.05) is 19.0 Å². The molecule has 20 heavy (non-hydrogen) atoms. The van der Waals surface area contributed by atoms with E-state index in [1.54, 1.807) is 14.0 Å². The number of aliphatic hydroxyl groups is 1. The van der Waals surface area contributed by atoms with Crippen molar-refractivity contribution >= 4 is 0 Å². The number of ether oxygens (including phenoxy) is 1. The number of aliphatic hydroxyl groups excluding tert-OH is 1. The first-order chi connectivity index (χ1) is 9.52. The van der Waals surface area contributed by atoms with Crippen molar-refractivity contribution in [1.29, 1.82) is 0 Å². The van der Waals surface area contributed by atoms with Crippen LogP contribution in [-0.4, -0.2) is 28.5 Å². The molecule has 114 valence electrons. The van der Waals surface area contributed by atoms with Crippen molar-refractivity contribution in [2.24, 2.45) is 5.92 Å². The van der Waals surface area contributed by atoms with E-state index in [0.29, 0.717) is 11.7 Å². The molecule has 0 aliphatic heterocycles. The van der Waals surface area contributed by atoms with Gasteiger partial charge in [0.1, 0.15) is 5.60 Å². The Morgan fingerprint density at radius 1 is 1.45 bits per heavy atom. The number of methoxy groups -OCH3 is 1. The second kappa shape index (κ2) is 6.22. The Hall–Kier alpha value is -0.940. The van der Waals surface area contributed by atoms with Gasteiger partial charge in [-0.15, -0.1) is 0 Å². The Kier molecular flexibility index (Phi) is 4.81. The van der Waals surface area contributed by atoms with Gasteiger partial charge in [0.2, 0.25) is 11.7 Å². The lowest BCUT2D eigenvalue weighted by molar-refractivity contribution is -0.0609. The van der Waals surface area contributed by atoms with Crippen molar-refractivity contribution in [3.63, 3.8) is 0 Å². The summed E-state index contributed by atoms with van der Waals surface area (Å²) in [7, 11) is 1.72. The number of hydrogen-bond acceptors (Lipinski definition) is 5. The predicted molar refractivity (Wildman–Crippen MR) is 75.3 cm³/mol.